The maximum Gasteiger partial charge on any atom is 0.0951 e. The van der Waals surface area contributed by atoms with Gasteiger partial charge in [-0.15, -0.1) is 0 Å². The molecule has 0 bridgehead atoms. The van der Waals surface area contributed by atoms with E-state index in [2.05, 4.69) is 15.6 Å². The van der Waals surface area contributed by atoms with E-state index in [1.807, 2.05) is 6.33 Å². The van der Waals surface area contributed by atoms with Crippen molar-refractivity contribution in [1.29, 1.82) is 5.26 Å². The Morgan fingerprint density at radius 3 is 2.94 bits per heavy atom. The Morgan fingerprint density at radius 2 is 2.19 bits per heavy atom. The van der Waals surface area contributed by atoms with Crippen molar-refractivity contribution in [2.75, 3.05) is 0 Å². The molecule has 3 rings (SSSR count). The van der Waals surface area contributed by atoms with E-state index in [0.717, 1.165) is 13.0 Å². The lowest BCUT2D eigenvalue weighted by molar-refractivity contribution is 0.419. The molecule has 1 saturated carbocycles. The van der Waals surface area contributed by atoms with Gasteiger partial charge in [-0.25, -0.2) is 4.98 Å². The maximum atomic E-state index is 8.83. The van der Waals surface area contributed by atoms with E-state index in [-0.39, 0.29) is 0 Å². The van der Waals surface area contributed by atoms with Crippen LogP contribution in [0.3, 0.4) is 0 Å². The number of imidazole rings is 1. The highest BCUT2D eigenvalue weighted by molar-refractivity contribution is 5.17. The van der Waals surface area contributed by atoms with Crippen molar-refractivity contribution in [3.05, 3.63) is 17.7 Å². The van der Waals surface area contributed by atoms with Crippen LogP contribution in [0.2, 0.25) is 0 Å². The smallest absolute Gasteiger partial charge is 0.0951 e. The number of nitriles is 1. The molecule has 16 heavy (non-hydrogen) atoms. The van der Waals surface area contributed by atoms with Gasteiger partial charge in [-0.3, -0.25) is 0 Å². The van der Waals surface area contributed by atoms with Gasteiger partial charge in [0.15, 0.2) is 0 Å². The Kier molecular flexibility index (Phi) is 2.24. The standard InChI is InChI=1S/C13H17N3/c14-8-7-13(5-6-13)9-16-10-15-11-3-1-2-4-12(11)16/h10H,1-7,9H2. The Hall–Kier alpha value is -1.30. The molecule has 0 atom stereocenters. The average molecular weight is 215 g/mol. The van der Waals surface area contributed by atoms with Gasteiger partial charge in [-0.1, -0.05) is 0 Å². The lowest BCUT2D eigenvalue weighted by atomic mass is 9.99. The van der Waals surface area contributed by atoms with Crippen LogP contribution in [0.15, 0.2) is 6.33 Å². The van der Waals surface area contributed by atoms with Gasteiger partial charge < -0.3 is 4.57 Å². The summed E-state index contributed by atoms with van der Waals surface area (Å²) in [5.41, 5.74) is 3.04. The number of rotatable bonds is 3. The molecule has 84 valence electrons. The fourth-order valence-electron chi connectivity index (χ4n) is 2.76. The summed E-state index contributed by atoms with van der Waals surface area (Å²) in [4.78, 5) is 4.51. The number of hydrogen-bond acceptors (Lipinski definition) is 2. The Labute approximate surface area is 96.1 Å². The quantitative estimate of drug-likeness (QED) is 0.777. The molecular weight excluding hydrogens is 198 g/mol. The van der Waals surface area contributed by atoms with E-state index >= 15 is 0 Å². The lowest BCUT2D eigenvalue weighted by Crippen LogP contribution is -2.15. The lowest BCUT2D eigenvalue weighted by Gasteiger charge is -2.17. The predicted molar refractivity (Wildman–Crippen MR) is 60.8 cm³/mol. The number of nitrogens with zero attached hydrogens (tertiary/aromatic N) is 3. The van der Waals surface area contributed by atoms with Crippen LogP contribution in [-0.4, -0.2) is 9.55 Å². The molecule has 0 aliphatic heterocycles. The van der Waals surface area contributed by atoms with Gasteiger partial charge in [0, 0.05) is 24.1 Å². The summed E-state index contributed by atoms with van der Waals surface area (Å²) in [6.07, 6.45) is 10.0. The van der Waals surface area contributed by atoms with E-state index in [1.165, 1.54) is 43.5 Å². The van der Waals surface area contributed by atoms with Crippen LogP contribution in [0.5, 0.6) is 0 Å². The molecule has 3 nitrogen and oxygen atoms in total. The summed E-state index contributed by atoms with van der Waals surface area (Å²) in [6.45, 7) is 1.02. The van der Waals surface area contributed by atoms with E-state index in [4.69, 9.17) is 5.26 Å². The summed E-state index contributed by atoms with van der Waals surface area (Å²) in [5, 5.41) is 8.83. The van der Waals surface area contributed by atoms with Gasteiger partial charge in [-0.2, -0.15) is 5.26 Å². The van der Waals surface area contributed by atoms with Crippen molar-refractivity contribution in [2.24, 2.45) is 5.41 Å². The molecule has 0 N–H and O–H groups in total. The molecule has 0 saturated heterocycles. The van der Waals surface area contributed by atoms with Crippen LogP contribution in [0.4, 0.5) is 0 Å². The maximum absolute atomic E-state index is 8.83. The highest BCUT2D eigenvalue weighted by atomic mass is 15.1. The van der Waals surface area contributed by atoms with E-state index in [1.54, 1.807) is 0 Å². The molecule has 2 aliphatic rings. The summed E-state index contributed by atoms with van der Waals surface area (Å²) < 4.78 is 2.32. The molecular formula is C13H17N3. The SMILES string of the molecule is N#CCC1(Cn2cnc3c2CCCC3)CC1. The minimum atomic E-state index is 0.292. The molecule has 1 aromatic rings. The van der Waals surface area contributed by atoms with Gasteiger partial charge >= 0.3 is 0 Å². The predicted octanol–water partition coefficient (Wildman–Crippen LogP) is 2.46. The minimum Gasteiger partial charge on any atom is -0.334 e. The third-order valence-electron chi connectivity index (χ3n) is 4.03. The van der Waals surface area contributed by atoms with Crippen LogP contribution >= 0.6 is 0 Å². The van der Waals surface area contributed by atoms with Crippen molar-refractivity contribution < 1.29 is 0 Å². The molecule has 0 aromatic carbocycles. The molecule has 0 amide bonds. The van der Waals surface area contributed by atoms with E-state index in [9.17, 15) is 0 Å². The van der Waals surface area contributed by atoms with E-state index < -0.39 is 0 Å². The normalized spacial score (nSPS) is 21.2. The highest BCUT2D eigenvalue weighted by Gasteiger charge is 2.43. The molecule has 1 fully saturated rings. The van der Waals surface area contributed by atoms with Crippen molar-refractivity contribution in [3.63, 3.8) is 0 Å². The third kappa shape index (κ3) is 1.63. The second kappa shape index (κ2) is 3.62. The van der Waals surface area contributed by atoms with Gasteiger partial charge in [0.05, 0.1) is 18.1 Å². The summed E-state index contributed by atoms with van der Waals surface area (Å²) in [5.74, 6) is 0. The molecule has 0 radical (unpaired) electrons. The van der Waals surface area contributed by atoms with Crippen LogP contribution < -0.4 is 0 Å². The van der Waals surface area contributed by atoms with Crippen LogP contribution in [0, 0.1) is 16.7 Å². The first-order chi connectivity index (χ1) is 7.83. The Morgan fingerprint density at radius 1 is 1.38 bits per heavy atom. The van der Waals surface area contributed by atoms with Crippen molar-refractivity contribution in [1.82, 2.24) is 9.55 Å². The summed E-state index contributed by atoms with van der Waals surface area (Å²) in [7, 11) is 0. The molecule has 0 unspecified atom stereocenters. The Bertz CT molecular complexity index is 435. The molecule has 0 spiro atoms. The molecule has 1 heterocycles. The van der Waals surface area contributed by atoms with Crippen molar-refractivity contribution in [3.8, 4) is 6.07 Å². The summed E-state index contributed by atoms with van der Waals surface area (Å²) in [6, 6.07) is 2.33. The largest absolute Gasteiger partial charge is 0.334 e. The number of fused-ring (bicyclic) bond motifs is 1. The second-order valence-electron chi connectivity index (χ2n) is 5.31. The third-order valence-corrected chi connectivity index (χ3v) is 4.03. The highest BCUT2D eigenvalue weighted by Crippen LogP contribution is 2.50. The zero-order valence-electron chi connectivity index (χ0n) is 9.58. The number of aryl methyl sites for hydroxylation is 1. The van der Waals surface area contributed by atoms with E-state index in [0.29, 0.717) is 11.8 Å². The van der Waals surface area contributed by atoms with Gasteiger partial charge in [0.1, 0.15) is 0 Å². The fraction of sp³-hybridized carbons (Fsp3) is 0.692. The Balaban J connectivity index is 1.80. The first-order valence-electron chi connectivity index (χ1n) is 6.23. The number of aromatic nitrogens is 2. The van der Waals surface area contributed by atoms with Crippen LogP contribution in [-0.2, 0) is 19.4 Å². The molecule has 3 heteroatoms. The average Bonchev–Trinajstić information content (AvgIpc) is 2.93. The minimum absolute atomic E-state index is 0.292. The first kappa shape index (κ1) is 9.89. The zero-order chi connectivity index (χ0) is 11.0. The molecule has 1 aromatic heterocycles. The first-order valence-corrected chi connectivity index (χ1v) is 6.23. The van der Waals surface area contributed by atoms with Crippen LogP contribution in [0.25, 0.3) is 0 Å². The molecule has 2 aliphatic carbocycles. The monoisotopic (exact) mass is 215 g/mol. The summed E-state index contributed by atoms with van der Waals surface area (Å²) >= 11 is 0. The van der Waals surface area contributed by atoms with Crippen LogP contribution in [0.1, 0.15) is 43.5 Å². The van der Waals surface area contributed by atoms with Gasteiger partial charge in [0.25, 0.3) is 0 Å². The second-order valence-corrected chi connectivity index (χ2v) is 5.31. The van der Waals surface area contributed by atoms with Crippen molar-refractivity contribution in [2.45, 2.75) is 51.5 Å². The van der Waals surface area contributed by atoms with Gasteiger partial charge in [-0.05, 0) is 38.5 Å². The topological polar surface area (TPSA) is 41.6 Å². The number of hydrogen-bond donors (Lipinski definition) is 0. The van der Waals surface area contributed by atoms with Crippen molar-refractivity contribution >= 4 is 0 Å². The zero-order valence-corrected chi connectivity index (χ0v) is 9.58. The van der Waals surface area contributed by atoms with Gasteiger partial charge in [0.2, 0.25) is 0 Å². The fourth-order valence-corrected chi connectivity index (χ4v) is 2.76.